The maximum absolute atomic E-state index is 12.5. The molecule has 16 nitrogen and oxygen atoms in total. The summed E-state index contributed by atoms with van der Waals surface area (Å²) >= 11 is 0. The van der Waals surface area contributed by atoms with Gasteiger partial charge in [0, 0.05) is 44.7 Å². The highest BCUT2D eigenvalue weighted by Gasteiger charge is 2.22. The number of nitrogens with zero attached hydrogens (tertiary/aromatic N) is 4. The molecule has 0 aliphatic heterocycles. The number of nitrogens with one attached hydrogen (secondary N) is 2. The molecule has 5 rings (SSSR count). The molecule has 0 heterocycles. The quantitative estimate of drug-likeness (QED) is 0.0556. The number of likely N-dealkylation sites (N-methyl/N-ethyl adjacent to an activating group) is 1. The fourth-order valence-corrected chi connectivity index (χ4v) is 5.43. The van der Waals surface area contributed by atoms with Gasteiger partial charge in [-0.15, -0.1) is 0 Å². The molecule has 5 aromatic carbocycles. The Morgan fingerprint density at radius 3 is 1.74 bits per heavy atom. The Labute approximate surface area is 362 Å². The maximum Gasteiger partial charge on any atom is 0.271 e. The van der Waals surface area contributed by atoms with E-state index in [0.717, 1.165) is 40.1 Å². The number of hydrogen-bond donors (Lipinski definition) is 3. The number of nitrogens with two attached hydrogens (primary N) is 1. The van der Waals surface area contributed by atoms with Crippen LogP contribution in [0.25, 0.3) is 0 Å². The van der Waals surface area contributed by atoms with Crippen molar-refractivity contribution in [1.29, 1.82) is 0 Å². The number of methoxy groups -OCH3 is 2. The van der Waals surface area contributed by atoms with Gasteiger partial charge in [0.05, 0.1) is 43.1 Å². The lowest BCUT2D eigenvalue weighted by molar-refractivity contribution is -0.384. The molecule has 0 aliphatic rings. The predicted octanol–water partition coefficient (Wildman–Crippen LogP) is 5.68. The van der Waals surface area contributed by atoms with Crippen molar-refractivity contribution in [3.05, 3.63) is 149 Å². The van der Waals surface area contributed by atoms with Gasteiger partial charge in [0.2, 0.25) is 24.6 Å². The smallest absolute Gasteiger partial charge is 0.271 e. The molecule has 328 valence electrons. The summed E-state index contributed by atoms with van der Waals surface area (Å²) in [6, 6.07) is 37.6. The fourth-order valence-electron chi connectivity index (χ4n) is 5.43. The second kappa shape index (κ2) is 27.8. The van der Waals surface area contributed by atoms with Crippen molar-refractivity contribution >= 4 is 59.4 Å². The zero-order valence-electron chi connectivity index (χ0n) is 35.8. The predicted molar refractivity (Wildman–Crippen MR) is 243 cm³/mol. The number of anilines is 4. The summed E-state index contributed by atoms with van der Waals surface area (Å²) in [5, 5.41) is 16.3. The number of primary amides is 1. The van der Waals surface area contributed by atoms with Crippen LogP contribution in [0.15, 0.2) is 127 Å². The number of carbonyl (C=O) groups excluding carboxylic acids is 5. The molecular weight excluding hydrogens is 795 g/mol. The molecule has 0 aromatic heterocycles. The van der Waals surface area contributed by atoms with Crippen molar-refractivity contribution in [3.63, 3.8) is 0 Å². The lowest BCUT2D eigenvalue weighted by atomic mass is 10.1. The molecule has 0 fully saturated rings. The fraction of sp³-hybridized carbons (Fsp3) is 0.239. The number of rotatable bonds is 18. The van der Waals surface area contributed by atoms with Gasteiger partial charge in [-0.3, -0.25) is 29.3 Å². The highest BCUT2D eigenvalue weighted by atomic mass is 16.6. The van der Waals surface area contributed by atoms with Crippen LogP contribution in [0.3, 0.4) is 0 Å². The normalized spacial score (nSPS) is 10.2. The lowest BCUT2D eigenvalue weighted by Gasteiger charge is -2.26. The first-order chi connectivity index (χ1) is 29.8. The SMILES string of the molecule is CCc1ccccc1.CN(CC(=O)N[C@H](C=O)Cc1ccccc1)c1ccc([N+](=O)[O-])cc1N(C=O)CC(N)=O.COc1ccc(N(C)C)cc1.COc1ccc(NC=O)cc1. The molecule has 0 unspecified atom stereocenters. The summed E-state index contributed by atoms with van der Waals surface area (Å²) < 4.78 is 9.96. The van der Waals surface area contributed by atoms with E-state index in [0.29, 0.717) is 25.5 Å². The van der Waals surface area contributed by atoms with Crippen molar-refractivity contribution in [2.45, 2.75) is 25.8 Å². The Kier molecular flexibility index (Phi) is 22.6. The molecule has 62 heavy (non-hydrogen) atoms. The Bertz CT molecular complexity index is 2120. The van der Waals surface area contributed by atoms with Crippen LogP contribution in [0.1, 0.15) is 18.1 Å². The van der Waals surface area contributed by atoms with Crippen LogP contribution in [0.5, 0.6) is 11.5 Å². The van der Waals surface area contributed by atoms with Crippen molar-refractivity contribution in [2.24, 2.45) is 5.73 Å². The molecule has 0 saturated carbocycles. The average Bonchev–Trinajstić information content (AvgIpc) is 3.29. The molecule has 0 spiro atoms. The summed E-state index contributed by atoms with van der Waals surface area (Å²) in [4.78, 5) is 71.6. The van der Waals surface area contributed by atoms with Crippen LogP contribution in [0, 0.1) is 10.1 Å². The number of nitro groups is 1. The van der Waals surface area contributed by atoms with Gasteiger partial charge in [0.25, 0.3) is 5.69 Å². The second-order valence-corrected chi connectivity index (χ2v) is 13.4. The van der Waals surface area contributed by atoms with E-state index in [2.05, 4.69) is 46.7 Å². The monoisotopic (exact) mass is 849 g/mol. The third kappa shape index (κ3) is 18.4. The number of aryl methyl sites for hydroxylation is 1. The number of non-ortho nitro benzene ring substituents is 1. The van der Waals surface area contributed by atoms with Crippen molar-refractivity contribution in [2.75, 3.05) is 68.5 Å². The summed E-state index contributed by atoms with van der Waals surface area (Å²) in [6.07, 6.45) is 3.06. The van der Waals surface area contributed by atoms with E-state index in [4.69, 9.17) is 15.2 Å². The van der Waals surface area contributed by atoms with Crippen LogP contribution in [-0.2, 0) is 36.8 Å². The number of hydrogen-bond acceptors (Lipinski definition) is 11. The van der Waals surface area contributed by atoms with Crippen molar-refractivity contribution in [3.8, 4) is 11.5 Å². The minimum atomic E-state index is -0.815. The molecule has 1 atom stereocenters. The minimum Gasteiger partial charge on any atom is -0.497 e. The molecule has 0 aliphatic carbocycles. The number of benzene rings is 5. The lowest BCUT2D eigenvalue weighted by Crippen LogP contribution is -2.43. The van der Waals surface area contributed by atoms with Crippen LogP contribution in [0.2, 0.25) is 0 Å². The Morgan fingerprint density at radius 1 is 0.758 bits per heavy atom. The van der Waals surface area contributed by atoms with Gasteiger partial charge in [0.15, 0.2) is 0 Å². The van der Waals surface area contributed by atoms with Gasteiger partial charge in [0.1, 0.15) is 24.3 Å². The van der Waals surface area contributed by atoms with Gasteiger partial charge in [-0.25, -0.2) is 0 Å². The summed E-state index contributed by atoms with van der Waals surface area (Å²) in [5.74, 6) is 0.388. The van der Waals surface area contributed by atoms with Crippen LogP contribution < -0.4 is 40.5 Å². The van der Waals surface area contributed by atoms with Crippen LogP contribution in [-0.4, -0.2) is 90.3 Å². The van der Waals surface area contributed by atoms with Crippen molar-refractivity contribution < 1.29 is 38.4 Å². The molecule has 4 N–H and O–H groups in total. The van der Waals surface area contributed by atoms with E-state index in [-0.39, 0.29) is 23.6 Å². The molecule has 4 amide bonds. The zero-order valence-corrected chi connectivity index (χ0v) is 35.8. The first kappa shape index (κ1) is 50.4. The average molecular weight is 850 g/mol. The van der Waals surface area contributed by atoms with E-state index < -0.39 is 29.3 Å². The zero-order chi connectivity index (χ0) is 45.9. The standard InChI is InChI=1S/C21H23N5O6.C9H13NO.C8H9NO2.C8H10/c1-24(12-21(30)23-16(13-27)9-15-5-3-2-4-6-15)18-8-7-17(26(31)32)10-19(18)25(14-28)11-20(22)29;1-10(2)8-4-6-9(11-3)7-5-8;1-11-8-4-2-7(3-5-8)9-6-10;1-2-8-6-4-3-5-7-8/h2-8,10,13-14,16H,9,11-12H2,1H3,(H2,22,29)(H,23,30);4-7H,1-3H3;2-6H,1H3,(H,9,10);3-7H,2H2,1H3/t16-;;;/m0.../s1. The van der Waals surface area contributed by atoms with E-state index >= 15 is 0 Å². The van der Waals surface area contributed by atoms with Crippen LogP contribution >= 0.6 is 0 Å². The van der Waals surface area contributed by atoms with E-state index in [9.17, 15) is 34.1 Å². The molecule has 0 saturated heterocycles. The number of aldehydes is 1. The largest absolute Gasteiger partial charge is 0.497 e. The first-order valence-corrected chi connectivity index (χ1v) is 19.3. The summed E-state index contributed by atoms with van der Waals surface area (Å²) in [5.41, 5.74) is 9.42. The number of amides is 4. The molecule has 0 radical (unpaired) electrons. The van der Waals surface area contributed by atoms with Gasteiger partial charge in [-0.1, -0.05) is 67.6 Å². The van der Waals surface area contributed by atoms with Gasteiger partial charge >= 0.3 is 0 Å². The molecule has 5 aromatic rings. The third-order valence-corrected chi connectivity index (χ3v) is 8.69. The molecular formula is C46H55N7O9. The summed E-state index contributed by atoms with van der Waals surface area (Å²) in [6.45, 7) is 1.45. The molecule has 0 bridgehead atoms. The van der Waals surface area contributed by atoms with E-state index in [1.165, 1.54) is 35.3 Å². The van der Waals surface area contributed by atoms with E-state index in [1.807, 2.05) is 74.8 Å². The highest BCUT2D eigenvalue weighted by Crippen LogP contribution is 2.32. The third-order valence-electron chi connectivity index (χ3n) is 8.69. The summed E-state index contributed by atoms with van der Waals surface area (Å²) in [7, 11) is 8.83. The Balaban J connectivity index is 0.000000353. The van der Waals surface area contributed by atoms with E-state index in [1.54, 1.807) is 38.5 Å². The maximum atomic E-state index is 12.5. The highest BCUT2D eigenvalue weighted by molar-refractivity contribution is 5.93. The Morgan fingerprint density at radius 2 is 1.31 bits per heavy atom. The van der Waals surface area contributed by atoms with Gasteiger partial charge in [-0.05, 0) is 78.6 Å². The van der Waals surface area contributed by atoms with Gasteiger partial charge < -0.3 is 45.3 Å². The minimum absolute atomic E-state index is 0.0412. The topological polar surface area (TPSA) is 207 Å². The van der Waals surface area contributed by atoms with Crippen LogP contribution in [0.4, 0.5) is 28.4 Å². The van der Waals surface area contributed by atoms with Gasteiger partial charge in [-0.2, -0.15) is 0 Å². The first-order valence-electron chi connectivity index (χ1n) is 19.3. The number of ether oxygens (including phenoxy) is 2. The molecule has 16 heteroatoms. The second-order valence-electron chi connectivity index (χ2n) is 13.4. The number of nitro benzene ring substituents is 1. The number of carbonyl (C=O) groups is 5. The Hall–Kier alpha value is -7.75. The van der Waals surface area contributed by atoms with Crippen molar-refractivity contribution in [1.82, 2.24) is 5.32 Å².